The number of rotatable bonds is 6. The molecule has 144 valence electrons. The number of hydrogen-bond donors (Lipinski definition) is 2. The van der Waals surface area contributed by atoms with Crippen molar-refractivity contribution in [3.05, 3.63) is 93.2 Å². The second-order valence-corrected chi connectivity index (χ2v) is 7.29. The summed E-state index contributed by atoms with van der Waals surface area (Å²) >= 11 is 12.0. The number of amides is 1. The first-order valence-electron chi connectivity index (χ1n) is 8.57. The van der Waals surface area contributed by atoms with E-state index in [0.717, 1.165) is 11.1 Å². The van der Waals surface area contributed by atoms with Crippen LogP contribution in [0.1, 0.15) is 44.9 Å². The summed E-state index contributed by atoms with van der Waals surface area (Å²) in [5.41, 5.74) is 2.43. The number of carboxylic acid groups (broad SMARTS) is 1. The molecule has 1 amide bonds. The Bertz CT molecular complexity index is 995. The largest absolute Gasteiger partial charge is 0.478 e. The van der Waals surface area contributed by atoms with Gasteiger partial charge in [-0.1, -0.05) is 47.5 Å². The molecule has 0 saturated carbocycles. The maximum absolute atomic E-state index is 12.8. The SMILES string of the molecule is C[C@H](NC(=O)c1cc(Cl)cn1Cc1ccc(Cl)cc1)c1ccc(C(=O)O)cc1. The van der Waals surface area contributed by atoms with Crippen LogP contribution in [0.5, 0.6) is 0 Å². The minimum atomic E-state index is -0.988. The molecule has 1 atom stereocenters. The lowest BCUT2D eigenvalue weighted by Crippen LogP contribution is -2.28. The minimum Gasteiger partial charge on any atom is -0.478 e. The molecule has 0 aliphatic heterocycles. The highest BCUT2D eigenvalue weighted by Gasteiger charge is 2.17. The molecule has 0 saturated heterocycles. The van der Waals surface area contributed by atoms with Crippen molar-refractivity contribution in [3.63, 3.8) is 0 Å². The van der Waals surface area contributed by atoms with Crippen molar-refractivity contribution in [2.75, 3.05) is 0 Å². The van der Waals surface area contributed by atoms with Crippen LogP contribution in [-0.4, -0.2) is 21.6 Å². The third-order valence-corrected chi connectivity index (χ3v) is 4.83. The molecule has 0 bridgehead atoms. The van der Waals surface area contributed by atoms with Gasteiger partial charge in [-0.15, -0.1) is 0 Å². The zero-order valence-electron chi connectivity index (χ0n) is 15.0. The molecule has 1 aromatic heterocycles. The van der Waals surface area contributed by atoms with Crippen LogP contribution in [0.2, 0.25) is 10.0 Å². The van der Waals surface area contributed by atoms with Gasteiger partial charge in [-0.25, -0.2) is 4.79 Å². The number of halogens is 2. The third-order valence-electron chi connectivity index (χ3n) is 4.37. The van der Waals surface area contributed by atoms with Crippen molar-refractivity contribution in [3.8, 4) is 0 Å². The van der Waals surface area contributed by atoms with Crippen molar-refractivity contribution in [2.24, 2.45) is 0 Å². The third kappa shape index (κ3) is 4.74. The molecule has 0 unspecified atom stereocenters. The van der Waals surface area contributed by atoms with Crippen LogP contribution >= 0.6 is 23.2 Å². The number of carbonyl (C=O) groups excluding carboxylic acids is 1. The second-order valence-electron chi connectivity index (χ2n) is 6.42. The van der Waals surface area contributed by atoms with Crippen LogP contribution in [0.15, 0.2) is 60.8 Å². The molecule has 0 fully saturated rings. The van der Waals surface area contributed by atoms with E-state index in [4.69, 9.17) is 28.3 Å². The van der Waals surface area contributed by atoms with E-state index in [1.807, 2.05) is 19.1 Å². The van der Waals surface area contributed by atoms with E-state index in [0.29, 0.717) is 22.3 Å². The Morgan fingerprint density at radius 3 is 2.29 bits per heavy atom. The quantitative estimate of drug-likeness (QED) is 0.591. The van der Waals surface area contributed by atoms with Crippen molar-refractivity contribution in [1.29, 1.82) is 0 Å². The van der Waals surface area contributed by atoms with Gasteiger partial charge in [0, 0.05) is 17.8 Å². The summed E-state index contributed by atoms with van der Waals surface area (Å²) in [7, 11) is 0. The summed E-state index contributed by atoms with van der Waals surface area (Å²) in [4.78, 5) is 23.7. The molecular weight excluding hydrogens is 399 g/mol. The number of benzene rings is 2. The molecule has 28 heavy (non-hydrogen) atoms. The fraction of sp³-hybridized carbons (Fsp3) is 0.143. The predicted molar refractivity (Wildman–Crippen MR) is 109 cm³/mol. The number of hydrogen-bond acceptors (Lipinski definition) is 2. The van der Waals surface area contributed by atoms with Gasteiger partial charge in [0.15, 0.2) is 0 Å². The van der Waals surface area contributed by atoms with Crippen molar-refractivity contribution >= 4 is 35.1 Å². The summed E-state index contributed by atoms with van der Waals surface area (Å²) in [6.07, 6.45) is 1.71. The van der Waals surface area contributed by atoms with Crippen molar-refractivity contribution < 1.29 is 14.7 Å². The smallest absolute Gasteiger partial charge is 0.335 e. The van der Waals surface area contributed by atoms with Gasteiger partial charge >= 0.3 is 5.97 Å². The van der Waals surface area contributed by atoms with E-state index in [2.05, 4.69) is 5.32 Å². The minimum absolute atomic E-state index is 0.200. The highest BCUT2D eigenvalue weighted by molar-refractivity contribution is 6.31. The lowest BCUT2D eigenvalue weighted by molar-refractivity contribution is 0.0696. The summed E-state index contributed by atoms with van der Waals surface area (Å²) in [6, 6.07) is 15.1. The zero-order valence-corrected chi connectivity index (χ0v) is 16.5. The predicted octanol–water partition coefficient (Wildman–Crippen LogP) is 5.03. The monoisotopic (exact) mass is 416 g/mol. The topological polar surface area (TPSA) is 71.3 Å². The number of carboxylic acids is 1. The highest BCUT2D eigenvalue weighted by atomic mass is 35.5. The average Bonchev–Trinajstić information content (AvgIpc) is 3.04. The number of aromatic nitrogens is 1. The van der Waals surface area contributed by atoms with Gasteiger partial charge in [-0.2, -0.15) is 0 Å². The molecule has 7 heteroatoms. The molecule has 1 heterocycles. The van der Waals surface area contributed by atoms with Gasteiger partial charge in [-0.05, 0) is 48.4 Å². The summed E-state index contributed by atoms with van der Waals surface area (Å²) in [5, 5.41) is 13.0. The van der Waals surface area contributed by atoms with Gasteiger partial charge in [0.2, 0.25) is 0 Å². The van der Waals surface area contributed by atoms with Crippen molar-refractivity contribution in [2.45, 2.75) is 19.5 Å². The molecule has 3 aromatic rings. The van der Waals surface area contributed by atoms with Gasteiger partial charge in [0.1, 0.15) is 5.69 Å². The van der Waals surface area contributed by atoms with Crippen molar-refractivity contribution in [1.82, 2.24) is 9.88 Å². The molecule has 2 aromatic carbocycles. The van der Waals surface area contributed by atoms with Gasteiger partial charge in [-0.3, -0.25) is 4.79 Å². The Hall–Kier alpha value is -2.76. The Labute approximate surface area is 172 Å². The van der Waals surface area contributed by atoms with E-state index in [1.165, 1.54) is 12.1 Å². The first kappa shape index (κ1) is 20.0. The van der Waals surface area contributed by atoms with Gasteiger partial charge in [0.05, 0.1) is 16.6 Å². The summed E-state index contributed by atoms with van der Waals surface area (Å²) < 4.78 is 1.78. The summed E-state index contributed by atoms with van der Waals surface area (Å²) in [6.45, 7) is 2.32. The van der Waals surface area contributed by atoms with E-state index in [9.17, 15) is 9.59 Å². The standard InChI is InChI=1S/C21H18Cl2N2O3/c1-13(15-4-6-16(7-5-15)21(27)28)24-20(26)19-10-18(23)12-25(19)11-14-2-8-17(22)9-3-14/h2-10,12-13H,11H2,1H3,(H,24,26)(H,27,28)/t13-/m0/s1. The van der Waals surface area contributed by atoms with E-state index >= 15 is 0 Å². The Morgan fingerprint density at radius 1 is 1.04 bits per heavy atom. The first-order valence-corrected chi connectivity index (χ1v) is 9.33. The zero-order chi connectivity index (χ0) is 20.3. The number of nitrogens with zero attached hydrogens (tertiary/aromatic N) is 1. The van der Waals surface area contributed by atoms with E-state index in [1.54, 1.807) is 41.1 Å². The molecular formula is C21H18Cl2N2O3. The maximum atomic E-state index is 12.8. The molecule has 0 spiro atoms. The fourth-order valence-electron chi connectivity index (χ4n) is 2.85. The summed E-state index contributed by atoms with van der Waals surface area (Å²) in [5.74, 6) is -1.26. The van der Waals surface area contributed by atoms with Crippen LogP contribution in [0, 0.1) is 0 Å². The van der Waals surface area contributed by atoms with Crippen LogP contribution in [-0.2, 0) is 6.54 Å². The molecule has 5 nitrogen and oxygen atoms in total. The highest BCUT2D eigenvalue weighted by Crippen LogP contribution is 2.19. The Morgan fingerprint density at radius 2 is 1.68 bits per heavy atom. The van der Waals surface area contributed by atoms with Crippen LogP contribution in [0.3, 0.4) is 0 Å². The van der Waals surface area contributed by atoms with Gasteiger partial charge < -0.3 is 15.0 Å². The molecule has 2 N–H and O–H groups in total. The average molecular weight is 417 g/mol. The number of nitrogens with one attached hydrogen (secondary N) is 1. The van der Waals surface area contributed by atoms with Crippen LogP contribution in [0.4, 0.5) is 0 Å². The fourth-order valence-corrected chi connectivity index (χ4v) is 3.20. The molecule has 3 rings (SSSR count). The molecule has 0 radical (unpaired) electrons. The second kappa shape index (κ2) is 8.50. The van der Waals surface area contributed by atoms with E-state index in [-0.39, 0.29) is 17.5 Å². The van der Waals surface area contributed by atoms with Crippen LogP contribution in [0.25, 0.3) is 0 Å². The molecule has 0 aliphatic carbocycles. The lowest BCUT2D eigenvalue weighted by Gasteiger charge is -2.16. The maximum Gasteiger partial charge on any atom is 0.335 e. The van der Waals surface area contributed by atoms with Crippen LogP contribution < -0.4 is 5.32 Å². The van der Waals surface area contributed by atoms with E-state index < -0.39 is 5.97 Å². The molecule has 0 aliphatic rings. The number of carbonyl (C=O) groups is 2. The Balaban J connectivity index is 1.75. The number of aromatic carboxylic acids is 1. The first-order chi connectivity index (χ1) is 13.3. The Kier molecular flexibility index (Phi) is 6.07. The van der Waals surface area contributed by atoms with Gasteiger partial charge in [0.25, 0.3) is 5.91 Å². The normalized spacial score (nSPS) is 11.8. The lowest BCUT2D eigenvalue weighted by atomic mass is 10.1.